The van der Waals surface area contributed by atoms with E-state index in [0.29, 0.717) is 6.04 Å². The number of hydrogen-bond donors (Lipinski definition) is 1. The maximum absolute atomic E-state index is 5.91. The quantitative estimate of drug-likeness (QED) is 0.874. The Morgan fingerprint density at radius 2 is 1.95 bits per heavy atom. The minimum absolute atomic E-state index is 0.629. The van der Waals surface area contributed by atoms with Gasteiger partial charge in [0.2, 0.25) is 5.95 Å². The summed E-state index contributed by atoms with van der Waals surface area (Å²) in [4.78, 5) is 4.63. The Morgan fingerprint density at radius 1 is 1.24 bits per heavy atom. The van der Waals surface area contributed by atoms with Crippen LogP contribution >= 0.6 is 11.6 Å². The largest absolute Gasteiger partial charge is 0.355 e. The number of hydrogen-bond acceptors (Lipinski definition) is 2. The van der Waals surface area contributed by atoms with Crippen molar-refractivity contribution in [1.29, 1.82) is 0 Å². The topological polar surface area (TPSA) is 29.9 Å². The van der Waals surface area contributed by atoms with E-state index in [1.54, 1.807) is 0 Å². The van der Waals surface area contributed by atoms with Crippen molar-refractivity contribution in [2.45, 2.75) is 45.1 Å². The van der Waals surface area contributed by atoms with E-state index < -0.39 is 0 Å². The number of nitrogens with zero attached hydrogens (tertiary/aromatic N) is 2. The lowest BCUT2D eigenvalue weighted by Gasteiger charge is -2.15. The fraction of sp³-hybridized carbons (Fsp3) is 0.471. The average molecular weight is 304 g/mol. The fourth-order valence-corrected chi connectivity index (χ4v) is 3.20. The zero-order valence-electron chi connectivity index (χ0n) is 12.5. The van der Waals surface area contributed by atoms with Gasteiger partial charge >= 0.3 is 0 Å². The third-order valence-electron chi connectivity index (χ3n) is 4.18. The van der Waals surface area contributed by atoms with Crippen LogP contribution in [0.3, 0.4) is 0 Å². The highest BCUT2D eigenvalue weighted by molar-refractivity contribution is 6.30. The molecular formula is C17H22ClN3. The smallest absolute Gasteiger partial charge is 0.203 e. The molecule has 4 heteroatoms. The van der Waals surface area contributed by atoms with Gasteiger partial charge in [-0.15, -0.1) is 0 Å². The summed E-state index contributed by atoms with van der Waals surface area (Å²) in [6.45, 7) is 2.96. The van der Waals surface area contributed by atoms with E-state index >= 15 is 0 Å². The molecule has 2 aromatic rings. The molecule has 0 aliphatic heterocycles. The third kappa shape index (κ3) is 3.59. The molecule has 0 unspecified atom stereocenters. The summed E-state index contributed by atoms with van der Waals surface area (Å²) < 4.78 is 2.34. The zero-order valence-corrected chi connectivity index (χ0v) is 13.2. The number of benzene rings is 1. The van der Waals surface area contributed by atoms with Gasteiger partial charge in [0.15, 0.2) is 0 Å². The van der Waals surface area contributed by atoms with Gasteiger partial charge in [0.25, 0.3) is 0 Å². The summed E-state index contributed by atoms with van der Waals surface area (Å²) in [5.74, 6) is 1.02. The van der Waals surface area contributed by atoms with Crippen molar-refractivity contribution in [3.05, 3.63) is 46.7 Å². The van der Waals surface area contributed by atoms with Gasteiger partial charge in [-0.25, -0.2) is 4.98 Å². The van der Waals surface area contributed by atoms with E-state index in [1.165, 1.54) is 31.2 Å². The molecule has 1 aliphatic carbocycles. The molecule has 0 atom stereocenters. The predicted octanol–water partition coefficient (Wildman–Crippen LogP) is 4.61. The molecule has 1 fully saturated rings. The van der Waals surface area contributed by atoms with Crippen LogP contribution in [0.1, 0.15) is 43.0 Å². The van der Waals surface area contributed by atoms with Crippen LogP contribution in [0.2, 0.25) is 5.02 Å². The SMILES string of the molecule is Cc1cn(C2CCCC2)c(NCCc2ccc(Cl)cc2)n1. The lowest BCUT2D eigenvalue weighted by molar-refractivity contribution is 0.522. The van der Waals surface area contributed by atoms with Crippen molar-refractivity contribution >= 4 is 17.5 Å². The van der Waals surface area contributed by atoms with Crippen molar-refractivity contribution in [1.82, 2.24) is 9.55 Å². The first-order valence-electron chi connectivity index (χ1n) is 7.76. The summed E-state index contributed by atoms with van der Waals surface area (Å²) in [6, 6.07) is 8.68. The first-order chi connectivity index (χ1) is 10.2. The van der Waals surface area contributed by atoms with Gasteiger partial charge in [0, 0.05) is 23.8 Å². The zero-order chi connectivity index (χ0) is 14.7. The van der Waals surface area contributed by atoms with Gasteiger partial charge in [-0.1, -0.05) is 36.6 Å². The Morgan fingerprint density at radius 3 is 2.67 bits per heavy atom. The van der Waals surface area contributed by atoms with Gasteiger partial charge in [0.05, 0.1) is 5.69 Å². The number of nitrogens with one attached hydrogen (secondary N) is 1. The molecule has 0 amide bonds. The van der Waals surface area contributed by atoms with Crippen LogP contribution in [0.25, 0.3) is 0 Å². The Labute approximate surface area is 131 Å². The third-order valence-corrected chi connectivity index (χ3v) is 4.43. The summed E-state index contributed by atoms with van der Waals surface area (Å²) in [5.41, 5.74) is 2.39. The second kappa shape index (κ2) is 6.52. The summed E-state index contributed by atoms with van der Waals surface area (Å²) in [7, 11) is 0. The summed E-state index contributed by atoms with van der Waals surface area (Å²) in [5, 5.41) is 4.28. The Bertz CT molecular complexity index is 583. The fourth-order valence-electron chi connectivity index (χ4n) is 3.08. The summed E-state index contributed by atoms with van der Waals surface area (Å²) in [6.07, 6.45) is 8.40. The molecule has 1 aromatic heterocycles. The normalized spacial score (nSPS) is 15.5. The Balaban J connectivity index is 1.61. The van der Waals surface area contributed by atoms with Crippen molar-refractivity contribution in [2.75, 3.05) is 11.9 Å². The molecule has 21 heavy (non-hydrogen) atoms. The molecule has 3 rings (SSSR count). The molecular weight excluding hydrogens is 282 g/mol. The molecule has 1 heterocycles. The van der Waals surface area contributed by atoms with Crippen LogP contribution in [0.5, 0.6) is 0 Å². The monoisotopic (exact) mass is 303 g/mol. The van der Waals surface area contributed by atoms with Gasteiger partial charge in [-0.3, -0.25) is 0 Å². The molecule has 112 valence electrons. The van der Waals surface area contributed by atoms with E-state index in [2.05, 4.69) is 40.1 Å². The van der Waals surface area contributed by atoms with Gasteiger partial charge in [-0.05, 0) is 43.9 Å². The number of anilines is 1. The molecule has 1 aliphatic rings. The molecule has 1 N–H and O–H groups in total. The van der Waals surface area contributed by atoms with Crippen LogP contribution in [0.4, 0.5) is 5.95 Å². The highest BCUT2D eigenvalue weighted by Gasteiger charge is 2.19. The van der Waals surface area contributed by atoms with Crippen LogP contribution in [0.15, 0.2) is 30.5 Å². The molecule has 0 radical (unpaired) electrons. The lowest BCUT2D eigenvalue weighted by atomic mass is 10.1. The van der Waals surface area contributed by atoms with E-state index in [4.69, 9.17) is 11.6 Å². The second-order valence-electron chi connectivity index (χ2n) is 5.85. The van der Waals surface area contributed by atoms with Crippen molar-refractivity contribution in [2.24, 2.45) is 0 Å². The van der Waals surface area contributed by atoms with Crippen LogP contribution in [-0.2, 0) is 6.42 Å². The maximum atomic E-state index is 5.91. The predicted molar refractivity (Wildman–Crippen MR) is 88.1 cm³/mol. The van der Waals surface area contributed by atoms with E-state index in [-0.39, 0.29) is 0 Å². The molecule has 1 saturated carbocycles. The van der Waals surface area contributed by atoms with Crippen molar-refractivity contribution in [3.63, 3.8) is 0 Å². The molecule has 0 bridgehead atoms. The standard InChI is InChI=1S/C17H22ClN3/c1-13-12-21(16-4-2-3-5-16)17(20-13)19-11-10-14-6-8-15(18)9-7-14/h6-9,12,16H,2-5,10-11H2,1H3,(H,19,20). The molecule has 3 nitrogen and oxygen atoms in total. The van der Waals surface area contributed by atoms with E-state index in [1.807, 2.05) is 12.1 Å². The lowest BCUT2D eigenvalue weighted by Crippen LogP contribution is -2.13. The van der Waals surface area contributed by atoms with Crippen molar-refractivity contribution in [3.8, 4) is 0 Å². The Hall–Kier alpha value is -1.48. The van der Waals surface area contributed by atoms with E-state index in [0.717, 1.165) is 29.6 Å². The molecule has 1 aromatic carbocycles. The second-order valence-corrected chi connectivity index (χ2v) is 6.29. The van der Waals surface area contributed by atoms with Gasteiger partial charge in [0.1, 0.15) is 0 Å². The number of halogens is 1. The number of rotatable bonds is 5. The van der Waals surface area contributed by atoms with Gasteiger partial charge < -0.3 is 9.88 Å². The van der Waals surface area contributed by atoms with Crippen LogP contribution < -0.4 is 5.32 Å². The molecule has 0 spiro atoms. The summed E-state index contributed by atoms with van der Waals surface area (Å²) >= 11 is 5.91. The molecule has 0 saturated heterocycles. The number of aromatic nitrogens is 2. The van der Waals surface area contributed by atoms with Crippen molar-refractivity contribution < 1.29 is 0 Å². The maximum Gasteiger partial charge on any atom is 0.203 e. The van der Waals surface area contributed by atoms with Crippen LogP contribution in [0, 0.1) is 6.92 Å². The number of imidazole rings is 1. The Kier molecular flexibility index (Phi) is 4.49. The average Bonchev–Trinajstić information content (AvgIpc) is 3.10. The number of aryl methyl sites for hydroxylation is 1. The minimum atomic E-state index is 0.629. The van der Waals surface area contributed by atoms with Crippen LogP contribution in [-0.4, -0.2) is 16.1 Å². The van der Waals surface area contributed by atoms with E-state index in [9.17, 15) is 0 Å². The van der Waals surface area contributed by atoms with Gasteiger partial charge in [-0.2, -0.15) is 0 Å². The highest BCUT2D eigenvalue weighted by atomic mass is 35.5. The first-order valence-corrected chi connectivity index (χ1v) is 8.14. The highest BCUT2D eigenvalue weighted by Crippen LogP contribution is 2.32. The first kappa shape index (κ1) is 14.5. The minimum Gasteiger partial charge on any atom is -0.355 e.